The van der Waals surface area contributed by atoms with Gasteiger partial charge in [-0.15, -0.1) is 0 Å². The van der Waals surface area contributed by atoms with E-state index in [9.17, 15) is 13.2 Å². The van der Waals surface area contributed by atoms with Gasteiger partial charge in [0.1, 0.15) is 0 Å². The number of hydrogen-bond acceptors (Lipinski definition) is 4. The summed E-state index contributed by atoms with van der Waals surface area (Å²) in [7, 11) is -2.09. The summed E-state index contributed by atoms with van der Waals surface area (Å²) < 4.78 is 25.5. The van der Waals surface area contributed by atoms with Crippen LogP contribution < -0.4 is 15.4 Å². The number of benzene rings is 1. The fourth-order valence-corrected chi connectivity index (χ4v) is 3.08. The van der Waals surface area contributed by atoms with Crippen molar-refractivity contribution in [2.75, 3.05) is 18.9 Å². The van der Waals surface area contributed by atoms with E-state index >= 15 is 0 Å². The number of carbonyl (C=O) groups is 1. The maximum atomic E-state index is 12.3. The predicted octanol–water partition coefficient (Wildman–Crippen LogP) is 1.07. The Morgan fingerprint density at radius 1 is 1.24 bits per heavy atom. The average molecular weight is 311 g/mol. The molecule has 1 heterocycles. The number of amides is 1. The number of piperidine rings is 1. The zero-order valence-electron chi connectivity index (χ0n) is 12.3. The van der Waals surface area contributed by atoms with Crippen LogP contribution in [0.15, 0.2) is 29.2 Å². The average Bonchev–Trinajstić information content (AvgIpc) is 2.48. The highest BCUT2D eigenvalue weighted by Crippen LogP contribution is 2.21. The van der Waals surface area contributed by atoms with Crippen LogP contribution in [-0.2, 0) is 14.8 Å². The van der Waals surface area contributed by atoms with E-state index in [1.54, 1.807) is 12.1 Å². The Bertz CT molecular complexity index is 605. The minimum absolute atomic E-state index is 0.0913. The minimum Gasteiger partial charge on any atom is -0.324 e. The van der Waals surface area contributed by atoms with Gasteiger partial charge in [0, 0.05) is 5.69 Å². The molecule has 0 saturated carbocycles. The molecule has 0 aliphatic carbocycles. The van der Waals surface area contributed by atoms with Gasteiger partial charge >= 0.3 is 0 Å². The lowest BCUT2D eigenvalue weighted by atomic mass is 9.90. The topological polar surface area (TPSA) is 87.3 Å². The molecule has 0 aromatic heterocycles. The monoisotopic (exact) mass is 311 g/mol. The predicted molar refractivity (Wildman–Crippen MR) is 81.6 cm³/mol. The molecular weight excluding hydrogens is 290 g/mol. The van der Waals surface area contributed by atoms with E-state index in [4.69, 9.17) is 0 Å². The van der Waals surface area contributed by atoms with Crippen LogP contribution >= 0.6 is 0 Å². The van der Waals surface area contributed by atoms with E-state index in [-0.39, 0.29) is 10.8 Å². The summed E-state index contributed by atoms with van der Waals surface area (Å²) in [5.74, 6) is -0.0913. The molecule has 1 aromatic rings. The second-order valence-corrected chi connectivity index (χ2v) is 7.29. The first kappa shape index (κ1) is 15.9. The fourth-order valence-electron chi connectivity index (χ4n) is 2.35. The van der Waals surface area contributed by atoms with Gasteiger partial charge in [-0.25, -0.2) is 13.1 Å². The summed E-state index contributed by atoms with van der Waals surface area (Å²) in [6.45, 7) is 2.73. The molecule has 1 saturated heterocycles. The highest BCUT2D eigenvalue weighted by atomic mass is 32.2. The van der Waals surface area contributed by atoms with Gasteiger partial charge in [0.2, 0.25) is 15.9 Å². The number of sulfonamides is 1. The smallest absolute Gasteiger partial charge is 0.244 e. The molecule has 7 heteroatoms. The van der Waals surface area contributed by atoms with Gasteiger partial charge in [0.15, 0.2) is 0 Å². The van der Waals surface area contributed by atoms with Crippen LogP contribution in [-0.4, -0.2) is 33.5 Å². The normalized spacial score (nSPS) is 22.8. The second kappa shape index (κ2) is 6.13. The maximum Gasteiger partial charge on any atom is 0.244 e. The van der Waals surface area contributed by atoms with E-state index in [0.29, 0.717) is 5.69 Å². The summed E-state index contributed by atoms with van der Waals surface area (Å²) in [6.07, 6.45) is 2.90. The van der Waals surface area contributed by atoms with Gasteiger partial charge in [0.05, 0.1) is 10.4 Å². The summed E-state index contributed by atoms with van der Waals surface area (Å²) in [5.41, 5.74) is 0.0252. The van der Waals surface area contributed by atoms with Gasteiger partial charge in [-0.1, -0.05) is 0 Å². The molecule has 1 amide bonds. The molecule has 0 bridgehead atoms. The zero-order chi connectivity index (χ0) is 15.5. The number of anilines is 1. The largest absolute Gasteiger partial charge is 0.324 e. The van der Waals surface area contributed by atoms with Crippen LogP contribution in [0.1, 0.15) is 26.2 Å². The zero-order valence-corrected chi connectivity index (χ0v) is 13.1. The second-order valence-electron chi connectivity index (χ2n) is 5.40. The lowest BCUT2D eigenvalue weighted by molar-refractivity contribution is -0.122. The Morgan fingerprint density at radius 2 is 1.90 bits per heavy atom. The number of rotatable bonds is 4. The Labute approximate surface area is 125 Å². The SMILES string of the molecule is CNS(=O)(=O)c1ccc(NC(=O)C2(C)CCCCN2)cc1. The Balaban J connectivity index is 2.08. The highest BCUT2D eigenvalue weighted by Gasteiger charge is 2.34. The Morgan fingerprint density at radius 3 is 2.43 bits per heavy atom. The minimum atomic E-state index is -3.45. The first-order valence-corrected chi connectivity index (χ1v) is 8.46. The van der Waals surface area contributed by atoms with Crippen molar-refractivity contribution in [1.29, 1.82) is 0 Å². The van der Waals surface area contributed by atoms with Crippen LogP contribution in [0.4, 0.5) is 5.69 Å². The van der Waals surface area contributed by atoms with Gasteiger partial charge in [0.25, 0.3) is 0 Å². The summed E-state index contributed by atoms with van der Waals surface area (Å²) in [6, 6.07) is 6.12. The molecule has 6 nitrogen and oxygen atoms in total. The van der Waals surface area contributed by atoms with Crippen LogP contribution in [0.25, 0.3) is 0 Å². The first-order chi connectivity index (χ1) is 9.87. The van der Waals surface area contributed by atoms with E-state index in [2.05, 4.69) is 15.4 Å². The van der Waals surface area contributed by atoms with E-state index in [1.165, 1.54) is 19.2 Å². The van der Waals surface area contributed by atoms with Gasteiger partial charge < -0.3 is 10.6 Å². The lowest BCUT2D eigenvalue weighted by Crippen LogP contribution is -2.54. The fraction of sp³-hybridized carbons (Fsp3) is 0.500. The Hall–Kier alpha value is -1.44. The third-order valence-corrected chi connectivity index (χ3v) is 5.24. The first-order valence-electron chi connectivity index (χ1n) is 6.97. The van der Waals surface area contributed by atoms with Crippen molar-refractivity contribution in [2.45, 2.75) is 36.6 Å². The van der Waals surface area contributed by atoms with Crippen molar-refractivity contribution < 1.29 is 13.2 Å². The van der Waals surface area contributed by atoms with Crippen LogP contribution in [0.2, 0.25) is 0 Å². The molecule has 1 aliphatic rings. The molecule has 1 atom stereocenters. The van der Waals surface area contributed by atoms with Gasteiger partial charge in [-0.3, -0.25) is 4.79 Å². The van der Waals surface area contributed by atoms with E-state index < -0.39 is 15.6 Å². The number of nitrogens with one attached hydrogen (secondary N) is 3. The quantitative estimate of drug-likeness (QED) is 0.776. The van der Waals surface area contributed by atoms with Gasteiger partial charge in [-0.05, 0) is 64.0 Å². The molecule has 1 aromatic carbocycles. The molecule has 0 spiro atoms. The summed E-state index contributed by atoms with van der Waals surface area (Å²) in [5, 5.41) is 6.07. The molecule has 1 aliphatic heterocycles. The van der Waals surface area contributed by atoms with Crippen molar-refractivity contribution in [3.05, 3.63) is 24.3 Å². The molecule has 0 radical (unpaired) electrons. The molecule has 2 rings (SSSR count). The molecule has 1 unspecified atom stereocenters. The molecule has 1 fully saturated rings. The standard InChI is InChI=1S/C14H21N3O3S/c1-14(9-3-4-10-16-14)13(18)17-11-5-7-12(8-6-11)21(19,20)15-2/h5-8,15-16H,3-4,9-10H2,1-2H3,(H,17,18). The molecular formula is C14H21N3O3S. The van der Waals surface area contributed by atoms with Gasteiger partial charge in [-0.2, -0.15) is 0 Å². The molecule has 21 heavy (non-hydrogen) atoms. The number of hydrogen-bond donors (Lipinski definition) is 3. The van der Waals surface area contributed by atoms with Crippen molar-refractivity contribution in [1.82, 2.24) is 10.0 Å². The maximum absolute atomic E-state index is 12.3. The van der Waals surface area contributed by atoms with Crippen molar-refractivity contribution in [2.24, 2.45) is 0 Å². The number of carbonyl (C=O) groups excluding carboxylic acids is 1. The van der Waals surface area contributed by atoms with Crippen LogP contribution in [0.5, 0.6) is 0 Å². The summed E-state index contributed by atoms with van der Waals surface area (Å²) >= 11 is 0. The van der Waals surface area contributed by atoms with Crippen LogP contribution in [0, 0.1) is 0 Å². The van der Waals surface area contributed by atoms with Crippen molar-refractivity contribution >= 4 is 21.6 Å². The third kappa shape index (κ3) is 3.61. The summed E-state index contributed by atoms with van der Waals surface area (Å²) in [4.78, 5) is 12.5. The molecule has 3 N–H and O–H groups in total. The van der Waals surface area contributed by atoms with Crippen molar-refractivity contribution in [3.63, 3.8) is 0 Å². The van der Waals surface area contributed by atoms with E-state index in [1.807, 2.05) is 6.92 Å². The molecule has 116 valence electrons. The third-order valence-electron chi connectivity index (χ3n) is 3.81. The van der Waals surface area contributed by atoms with E-state index in [0.717, 1.165) is 25.8 Å². The Kier molecular flexibility index (Phi) is 4.65. The lowest BCUT2D eigenvalue weighted by Gasteiger charge is -2.33. The van der Waals surface area contributed by atoms with Crippen molar-refractivity contribution in [3.8, 4) is 0 Å². The highest BCUT2D eigenvalue weighted by molar-refractivity contribution is 7.89. The van der Waals surface area contributed by atoms with Crippen LogP contribution in [0.3, 0.4) is 0 Å².